The van der Waals surface area contributed by atoms with Crippen LogP contribution in [-0.4, -0.2) is 54.2 Å². The van der Waals surface area contributed by atoms with E-state index in [9.17, 15) is 4.39 Å². The fourth-order valence-corrected chi connectivity index (χ4v) is 4.20. The zero-order valence-electron chi connectivity index (χ0n) is 12.6. The van der Waals surface area contributed by atoms with Crippen LogP contribution >= 0.6 is 0 Å². The average molecular weight is 268 g/mol. The molecule has 3 fully saturated rings. The molecule has 2 heterocycles. The van der Waals surface area contributed by atoms with Crippen molar-refractivity contribution in [3.05, 3.63) is 0 Å². The molecular weight excluding hydrogens is 239 g/mol. The van der Waals surface area contributed by atoms with Crippen LogP contribution < -0.4 is 0 Å². The van der Waals surface area contributed by atoms with Gasteiger partial charge in [-0.05, 0) is 84.0 Å². The van der Waals surface area contributed by atoms with E-state index in [1.54, 1.807) is 0 Å². The predicted octanol–water partition coefficient (Wildman–Crippen LogP) is 3.07. The second-order valence-electron chi connectivity index (χ2n) is 7.39. The molecular formula is C16H29FN2. The van der Waals surface area contributed by atoms with Gasteiger partial charge in [0.15, 0.2) is 0 Å². The summed E-state index contributed by atoms with van der Waals surface area (Å²) in [7, 11) is 0. The third-order valence-corrected chi connectivity index (χ3v) is 6.02. The number of nitrogens with zero attached hydrogens (tertiary/aromatic N) is 2. The number of rotatable bonds is 2. The SMILES string of the molecule is CC(C)N1CCC2(CC1)CCN(C1CC(F)C1)CC2. The summed E-state index contributed by atoms with van der Waals surface area (Å²) in [4.78, 5) is 5.19. The first-order valence-electron chi connectivity index (χ1n) is 8.20. The van der Waals surface area contributed by atoms with Gasteiger partial charge in [-0.1, -0.05) is 0 Å². The molecule has 2 nitrogen and oxygen atoms in total. The number of likely N-dealkylation sites (tertiary alicyclic amines) is 2. The zero-order valence-corrected chi connectivity index (χ0v) is 12.6. The number of halogens is 1. The van der Waals surface area contributed by atoms with Gasteiger partial charge in [0, 0.05) is 12.1 Å². The van der Waals surface area contributed by atoms with Crippen LogP contribution in [0.1, 0.15) is 52.4 Å². The van der Waals surface area contributed by atoms with Crippen LogP contribution in [0.5, 0.6) is 0 Å². The van der Waals surface area contributed by atoms with Crippen molar-refractivity contribution in [2.75, 3.05) is 26.2 Å². The minimum atomic E-state index is -0.504. The Morgan fingerprint density at radius 3 is 1.95 bits per heavy atom. The minimum Gasteiger partial charge on any atom is -0.301 e. The first-order chi connectivity index (χ1) is 9.08. The van der Waals surface area contributed by atoms with Crippen LogP contribution in [0, 0.1) is 5.41 Å². The Balaban J connectivity index is 1.47. The van der Waals surface area contributed by atoms with Crippen molar-refractivity contribution < 1.29 is 4.39 Å². The largest absolute Gasteiger partial charge is 0.301 e. The van der Waals surface area contributed by atoms with E-state index in [2.05, 4.69) is 23.6 Å². The molecule has 3 aliphatic rings. The van der Waals surface area contributed by atoms with Crippen molar-refractivity contribution in [1.82, 2.24) is 9.80 Å². The Morgan fingerprint density at radius 2 is 1.47 bits per heavy atom. The molecule has 3 rings (SSSR count). The molecule has 0 amide bonds. The molecule has 0 unspecified atom stereocenters. The quantitative estimate of drug-likeness (QED) is 0.759. The monoisotopic (exact) mass is 268 g/mol. The molecule has 3 heteroatoms. The fourth-order valence-electron chi connectivity index (χ4n) is 4.20. The van der Waals surface area contributed by atoms with Crippen molar-refractivity contribution in [2.24, 2.45) is 5.41 Å². The van der Waals surface area contributed by atoms with Gasteiger partial charge >= 0.3 is 0 Å². The Kier molecular flexibility index (Phi) is 3.87. The van der Waals surface area contributed by atoms with Crippen LogP contribution in [0.4, 0.5) is 4.39 Å². The summed E-state index contributed by atoms with van der Waals surface area (Å²) in [6.45, 7) is 9.63. The lowest BCUT2D eigenvalue weighted by molar-refractivity contribution is -0.0186. The maximum atomic E-state index is 13.0. The molecule has 2 aliphatic heterocycles. The standard InChI is InChI=1S/C16H29FN2/c1-13(2)18-7-3-16(4-8-18)5-9-19(10-6-16)15-11-14(17)12-15/h13-15H,3-12H2,1-2H3. The number of hydrogen-bond acceptors (Lipinski definition) is 2. The molecule has 0 atom stereocenters. The van der Waals surface area contributed by atoms with E-state index >= 15 is 0 Å². The molecule has 0 bridgehead atoms. The van der Waals surface area contributed by atoms with Gasteiger partial charge in [0.1, 0.15) is 6.17 Å². The summed E-state index contributed by atoms with van der Waals surface area (Å²) in [5.41, 5.74) is 0.626. The lowest BCUT2D eigenvalue weighted by atomic mass is 9.70. The van der Waals surface area contributed by atoms with Gasteiger partial charge in [0.2, 0.25) is 0 Å². The van der Waals surface area contributed by atoms with E-state index in [1.807, 2.05) is 0 Å². The van der Waals surface area contributed by atoms with Crippen molar-refractivity contribution in [1.29, 1.82) is 0 Å². The summed E-state index contributed by atoms with van der Waals surface area (Å²) in [5.74, 6) is 0. The van der Waals surface area contributed by atoms with Crippen molar-refractivity contribution >= 4 is 0 Å². The van der Waals surface area contributed by atoms with Gasteiger partial charge in [-0.2, -0.15) is 0 Å². The molecule has 0 aromatic carbocycles. The number of hydrogen-bond donors (Lipinski definition) is 0. The van der Waals surface area contributed by atoms with Crippen LogP contribution in [-0.2, 0) is 0 Å². The summed E-state index contributed by atoms with van der Waals surface area (Å²) in [6.07, 6.45) is 6.57. The highest BCUT2D eigenvalue weighted by atomic mass is 19.1. The molecule has 0 radical (unpaired) electrons. The Bertz CT molecular complexity index is 294. The van der Waals surface area contributed by atoms with Gasteiger partial charge in [-0.3, -0.25) is 0 Å². The first kappa shape index (κ1) is 13.8. The molecule has 110 valence electrons. The molecule has 1 spiro atoms. The first-order valence-corrected chi connectivity index (χ1v) is 8.20. The highest BCUT2D eigenvalue weighted by Gasteiger charge is 2.41. The van der Waals surface area contributed by atoms with Crippen molar-refractivity contribution in [3.63, 3.8) is 0 Å². The van der Waals surface area contributed by atoms with E-state index in [1.165, 1.54) is 51.9 Å². The third kappa shape index (κ3) is 2.82. The molecule has 0 aromatic heterocycles. The van der Waals surface area contributed by atoms with Crippen molar-refractivity contribution in [2.45, 2.75) is 70.6 Å². The molecule has 1 aliphatic carbocycles. The summed E-state index contributed by atoms with van der Waals surface area (Å²) < 4.78 is 13.0. The average Bonchev–Trinajstić information content (AvgIpc) is 2.37. The second-order valence-corrected chi connectivity index (χ2v) is 7.39. The van der Waals surface area contributed by atoms with Gasteiger partial charge in [0.25, 0.3) is 0 Å². The fraction of sp³-hybridized carbons (Fsp3) is 1.00. The van der Waals surface area contributed by atoms with Gasteiger partial charge < -0.3 is 9.80 Å². The number of piperidine rings is 2. The maximum Gasteiger partial charge on any atom is 0.103 e. The Morgan fingerprint density at radius 1 is 0.947 bits per heavy atom. The van der Waals surface area contributed by atoms with Gasteiger partial charge in [-0.25, -0.2) is 4.39 Å². The summed E-state index contributed by atoms with van der Waals surface area (Å²) in [5, 5.41) is 0. The molecule has 0 N–H and O–H groups in total. The van der Waals surface area contributed by atoms with Gasteiger partial charge in [0.05, 0.1) is 0 Å². The maximum absolute atomic E-state index is 13.0. The third-order valence-electron chi connectivity index (χ3n) is 6.02. The van der Waals surface area contributed by atoms with Gasteiger partial charge in [-0.15, -0.1) is 0 Å². The van der Waals surface area contributed by atoms with Crippen LogP contribution in [0.15, 0.2) is 0 Å². The Hall–Kier alpha value is -0.150. The van der Waals surface area contributed by atoms with E-state index < -0.39 is 6.17 Å². The smallest absolute Gasteiger partial charge is 0.103 e. The number of alkyl halides is 1. The molecule has 1 saturated carbocycles. The van der Waals surface area contributed by atoms with Crippen LogP contribution in [0.3, 0.4) is 0 Å². The molecule has 2 saturated heterocycles. The molecule has 19 heavy (non-hydrogen) atoms. The van der Waals surface area contributed by atoms with E-state index in [-0.39, 0.29) is 0 Å². The second kappa shape index (κ2) is 5.33. The summed E-state index contributed by atoms with van der Waals surface area (Å²) in [6, 6.07) is 1.28. The summed E-state index contributed by atoms with van der Waals surface area (Å²) >= 11 is 0. The van der Waals surface area contributed by atoms with Crippen LogP contribution in [0.2, 0.25) is 0 Å². The highest BCUT2D eigenvalue weighted by Crippen LogP contribution is 2.43. The lowest BCUT2D eigenvalue weighted by Gasteiger charge is -2.50. The lowest BCUT2D eigenvalue weighted by Crippen LogP contribution is -2.53. The zero-order chi connectivity index (χ0) is 13.5. The minimum absolute atomic E-state index is 0.504. The van der Waals surface area contributed by atoms with E-state index in [0.717, 1.165) is 12.8 Å². The highest BCUT2D eigenvalue weighted by molar-refractivity contribution is 4.95. The van der Waals surface area contributed by atoms with E-state index in [4.69, 9.17) is 0 Å². The topological polar surface area (TPSA) is 6.48 Å². The predicted molar refractivity (Wildman–Crippen MR) is 77.1 cm³/mol. The molecule has 0 aromatic rings. The van der Waals surface area contributed by atoms with Crippen molar-refractivity contribution in [3.8, 4) is 0 Å². The normalized spacial score (nSPS) is 36.6. The van der Waals surface area contributed by atoms with E-state index in [0.29, 0.717) is 17.5 Å². The Labute approximate surface area is 117 Å². The van der Waals surface area contributed by atoms with Crippen LogP contribution in [0.25, 0.3) is 0 Å².